The number of ether oxygens (including phenoxy) is 1. The third kappa shape index (κ3) is 2.91. The number of anilines is 2. The summed E-state index contributed by atoms with van der Waals surface area (Å²) in [4.78, 5) is 6.48. The first-order valence-corrected chi connectivity index (χ1v) is 6.67. The molecule has 0 saturated heterocycles. The Labute approximate surface area is 120 Å². The molecule has 0 bridgehead atoms. The van der Waals surface area contributed by atoms with Gasteiger partial charge in [-0.25, -0.2) is 4.98 Å². The van der Waals surface area contributed by atoms with Crippen LogP contribution in [0, 0.1) is 0 Å². The molecule has 0 aliphatic carbocycles. The summed E-state index contributed by atoms with van der Waals surface area (Å²) in [6.45, 7) is 2.13. The van der Waals surface area contributed by atoms with Crippen LogP contribution >= 0.6 is 0 Å². The van der Waals surface area contributed by atoms with Crippen molar-refractivity contribution in [2.75, 3.05) is 26.1 Å². The SMILES string of the molecule is CNC(C)c1ccnc(N(C)c2ccccc2OC)c1. The number of aromatic nitrogens is 1. The standard InChI is InChI=1S/C16H21N3O/c1-12(17-2)13-9-10-18-16(11-13)19(3)14-7-5-6-8-15(14)20-4/h5-12,17H,1-4H3. The van der Waals surface area contributed by atoms with Crippen molar-refractivity contribution in [1.82, 2.24) is 10.3 Å². The number of hydrogen-bond acceptors (Lipinski definition) is 4. The van der Waals surface area contributed by atoms with Gasteiger partial charge in [0, 0.05) is 19.3 Å². The molecule has 0 radical (unpaired) electrons. The predicted octanol–water partition coefficient (Wildman–Crippen LogP) is 3.14. The predicted molar refractivity (Wildman–Crippen MR) is 82.8 cm³/mol. The maximum absolute atomic E-state index is 5.41. The van der Waals surface area contributed by atoms with Crippen molar-refractivity contribution < 1.29 is 4.74 Å². The van der Waals surface area contributed by atoms with E-state index >= 15 is 0 Å². The number of pyridine rings is 1. The van der Waals surface area contributed by atoms with Crippen molar-refractivity contribution in [2.24, 2.45) is 0 Å². The van der Waals surface area contributed by atoms with Gasteiger partial charge in [0.05, 0.1) is 12.8 Å². The van der Waals surface area contributed by atoms with Crippen molar-refractivity contribution in [2.45, 2.75) is 13.0 Å². The fourth-order valence-corrected chi connectivity index (χ4v) is 2.08. The van der Waals surface area contributed by atoms with Gasteiger partial charge in [-0.3, -0.25) is 0 Å². The van der Waals surface area contributed by atoms with Gasteiger partial charge in [0.15, 0.2) is 0 Å². The zero-order valence-electron chi connectivity index (χ0n) is 12.4. The number of para-hydroxylation sites is 2. The van der Waals surface area contributed by atoms with E-state index in [9.17, 15) is 0 Å². The van der Waals surface area contributed by atoms with E-state index in [1.807, 2.05) is 55.5 Å². The molecule has 1 atom stereocenters. The maximum Gasteiger partial charge on any atom is 0.142 e. The Morgan fingerprint density at radius 1 is 1.25 bits per heavy atom. The second kappa shape index (κ2) is 6.39. The topological polar surface area (TPSA) is 37.4 Å². The monoisotopic (exact) mass is 271 g/mol. The quantitative estimate of drug-likeness (QED) is 0.906. The van der Waals surface area contributed by atoms with Crippen LogP contribution in [0.5, 0.6) is 5.75 Å². The number of nitrogens with zero attached hydrogens (tertiary/aromatic N) is 2. The summed E-state index contributed by atoms with van der Waals surface area (Å²) in [5.74, 6) is 1.73. The van der Waals surface area contributed by atoms with E-state index < -0.39 is 0 Å². The summed E-state index contributed by atoms with van der Waals surface area (Å²) in [7, 11) is 5.63. The Balaban J connectivity index is 2.35. The molecule has 0 spiro atoms. The van der Waals surface area contributed by atoms with Crippen LogP contribution in [0.3, 0.4) is 0 Å². The van der Waals surface area contributed by atoms with Gasteiger partial charge in [0.25, 0.3) is 0 Å². The first kappa shape index (κ1) is 14.3. The van der Waals surface area contributed by atoms with Gasteiger partial charge < -0.3 is 15.0 Å². The van der Waals surface area contributed by atoms with E-state index in [2.05, 4.69) is 23.3 Å². The summed E-state index contributed by atoms with van der Waals surface area (Å²) < 4.78 is 5.41. The molecule has 0 amide bonds. The van der Waals surface area contributed by atoms with E-state index in [-0.39, 0.29) is 0 Å². The largest absolute Gasteiger partial charge is 0.495 e. The summed E-state index contributed by atoms with van der Waals surface area (Å²) in [6.07, 6.45) is 1.84. The molecule has 2 aromatic rings. The normalized spacial score (nSPS) is 12.0. The Hall–Kier alpha value is -2.07. The number of methoxy groups -OCH3 is 1. The molecule has 1 N–H and O–H groups in total. The molecule has 1 aromatic heterocycles. The summed E-state index contributed by atoms with van der Waals surface area (Å²) >= 11 is 0. The third-order valence-corrected chi connectivity index (χ3v) is 3.49. The van der Waals surface area contributed by atoms with Gasteiger partial charge in [-0.15, -0.1) is 0 Å². The first-order valence-electron chi connectivity index (χ1n) is 6.67. The smallest absolute Gasteiger partial charge is 0.142 e. The maximum atomic E-state index is 5.41. The van der Waals surface area contributed by atoms with Crippen LogP contribution in [0.1, 0.15) is 18.5 Å². The van der Waals surface area contributed by atoms with Crippen LogP contribution in [0.15, 0.2) is 42.6 Å². The van der Waals surface area contributed by atoms with Gasteiger partial charge in [-0.2, -0.15) is 0 Å². The average Bonchev–Trinajstić information content (AvgIpc) is 2.53. The second-order valence-corrected chi connectivity index (χ2v) is 4.69. The Kier molecular flexibility index (Phi) is 4.58. The highest BCUT2D eigenvalue weighted by molar-refractivity contribution is 5.66. The molecule has 0 aliphatic heterocycles. The zero-order chi connectivity index (χ0) is 14.5. The van der Waals surface area contributed by atoms with Crippen LogP contribution in [0.25, 0.3) is 0 Å². The van der Waals surface area contributed by atoms with Gasteiger partial charge in [0.1, 0.15) is 11.6 Å². The number of benzene rings is 1. The average molecular weight is 271 g/mol. The van der Waals surface area contributed by atoms with Gasteiger partial charge >= 0.3 is 0 Å². The fourth-order valence-electron chi connectivity index (χ4n) is 2.08. The van der Waals surface area contributed by atoms with Crippen LogP contribution < -0.4 is 15.0 Å². The van der Waals surface area contributed by atoms with E-state index in [1.54, 1.807) is 7.11 Å². The van der Waals surface area contributed by atoms with Gasteiger partial charge in [-0.1, -0.05) is 12.1 Å². The van der Waals surface area contributed by atoms with Crippen molar-refractivity contribution in [1.29, 1.82) is 0 Å². The number of hydrogen-bond donors (Lipinski definition) is 1. The highest BCUT2D eigenvalue weighted by Gasteiger charge is 2.12. The molecule has 20 heavy (non-hydrogen) atoms. The van der Waals surface area contributed by atoms with E-state index in [0.29, 0.717) is 6.04 Å². The number of nitrogens with one attached hydrogen (secondary N) is 1. The van der Waals surface area contributed by atoms with E-state index in [0.717, 1.165) is 17.3 Å². The first-order chi connectivity index (χ1) is 9.67. The lowest BCUT2D eigenvalue weighted by molar-refractivity contribution is 0.415. The Morgan fingerprint density at radius 2 is 2.00 bits per heavy atom. The molecule has 0 saturated carbocycles. The lowest BCUT2D eigenvalue weighted by Gasteiger charge is -2.22. The lowest BCUT2D eigenvalue weighted by atomic mass is 10.1. The Bertz CT molecular complexity index is 571. The van der Waals surface area contributed by atoms with E-state index in [4.69, 9.17) is 4.74 Å². The minimum atomic E-state index is 0.294. The summed E-state index contributed by atoms with van der Waals surface area (Å²) in [6, 6.07) is 12.3. The molecule has 1 unspecified atom stereocenters. The molecule has 2 rings (SSSR count). The van der Waals surface area contributed by atoms with Crippen molar-refractivity contribution in [3.63, 3.8) is 0 Å². The summed E-state index contributed by atoms with van der Waals surface area (Å²) in [5, 5.41) is 3.24. The van der Waals surface area contributed by atoms with Crippen molar-refractivity contribution >= 4 is 11.5 Å². The Morgan fingerprint density at radius 3 is 2.70 bits per heavy atom. The zero-order valence-corrected chi connectivity index (χ0v) is 12.4. The minimum absolute atomic E-state index is 0.294. The number of rotatable bonds is 5. The van der Waals surface area contributed by atoms with Crippen molar-refractivity contribution in [3.8, 4) is 5.75 Å². The van der Waals surface area contributed by atoms with Gasteiger partial charge in [-0.05, 0) is 43.8 Å². The minimum Gasteiger partial charge on any atom is -0.495 e. The van der Waals surface area contributed by atoms with Crippen LogP contribution in [0.2, 0.25) is 0 Å². The molecular formula is C16H21N3O. The molecule has 106 valence electrons. The summed E-state index contributed by atoms with van der Waals surface area (Å²) in [5.41, 5.74) is 2.20. The molecule has 1 heterocycles. The molecule has 4 heteroatoms. The van der Waals surface area contributed by atoms with Crippen LogP contribution in [-0.4, -0.2) is 26.2 Å². The highest BCUT2D eigenvalue weighted by Crippen LogP contribution is 2.31. The van der Waals surface area contributed by atoms with E-state index in [1.165, 1.54) is 5.56 Å². The molecule has 0 fully saturated rings. The molecule has 0 aliphatic rings. The van der Waals surface area contributed by atoms with Crippen molar-refractivity contribution in [3.05, 3.63) is 48.2 Å². The second-order valence-electron chi connectivity index (χ2n) is 4.69. The van der Waals surface area contributed by atoms with Crippen LogP contribution in [-0.2, 0) is 0 Å². The van der Waals surface area contributed by atoms with Crippen LogP contribution in [0.4, 0.5) is 11.5 Å². The lowest BCUT2D eigenvalue weighted by Crippen LogP contribution is -2.15. The fraction of sp³-hybridized carbons (Fsp3) is 0.312. The van der Waals surface area contributed by atoms with Gasteiger partial charge in [0.2, 0.25) is 0 Å². The highest BCUT2D eigenvalue weighted by atomic mass is 16.5. The third-order valence-electron chi connectivity index (χ3n) is 3.49. The molecule has 1 aromatic carbocycles. The molecule has 4 nitrogen and oxygen atoms in total. The molecular weight excluding hydrogens is 250 g/mol.